The predicted octanol–water partition coefficient (Wildman–Crippen LogP) is 1.95. The van der Waals surface area contributed by atoms with E-state index in [2.05, 4.69) is 6.07 Å². The van der Waals surface area contributed by atoms with E-state index in [9.17, 15) is 14.9 Å². The van der Waals surface area contributed by atoms with E-state index in [1.54, 1.807) is 18.4 Å². The maximum Gasteiger partial charge on any atom is 0.332 e. The van der Waals surface area contributed by atoms with Crippen LogP contribution in [0.1, 0.15) is 29.3 Å². The van der Waals surface area contributed by atoms with Crippen molar-refractivity contribution in [1.29, 1.82) is 5.26 Å². The largest absolute Gasteiger partial charge is 0.357 e. The van der Waals surface area contributed by atoms with Gasteiger partial charge in [-0.3, -0.25) is 13.9 Å². The summed E-state index contributed by atoms with van der Waals surface area (Å²) >= 11 is 1.73. The topological polar surface area (TPSA) is 83.9 Å². The fourth-order valence-electron chi connectivity index (χ4n) is 3.70. The minimum atomic E-state index is -0.538. The molecule has 1 aromatic carbocycles. The van der Waals surface area contributed by atoms with Crippen LogP contribution >= 0.6 is 11.3 Å². The fourth-order valence-corrected chi connectivity index (χ4v) is 4.84. The molecular weight excluding hydrogens is 362 g/mol. The molecule has 1 saturated heterocycles. The first-order valence-corrected chi connectivity index (χ1v) is 9.63. The van der Waals surface area contributed by atoms with E-state index in [0.29, 0.717) is 24.8 Å². The highest BCUT2D eigenvalue weighted by atomic mass is 32.1. The molecule has 0 aliphatic carbocycles. The number of nitriles is 1. The maximum absolute atomic E-state index is 12.3. The second-order valence-electron chi connectivity index (χ2n) is 6.80. The molecule has 27 heavy (non-hydrogen) atoms. The van der Waals surface area contributed by atoms with Gasteiger partial charge in [0.15, 0.2) is 5.56 Å². The van der Waals surface area contributed by atoms with E-state index in [1.165, 1.54) is 16.3 Å². The van der Waals surface area contributed by atoms with E-state index in [4.69, 9.17) is 4.98 Å². The van der Waals surface area contributed by atoms with Crippen LogP contribution in [0.15, 0.2) is 33.9 Å². The third-order valence-corrected chi connectivity index (χ3v) is 6.40. The molecule has 0 unspecified atom stereocenters. The Morgan fingerprint density at radius 2 is 1.85 bits per heavy atom. The summed E-state index contributed by atoms with van der Waals surface area (Å²) in [5.74, 6) is 0.779. The Hall–Kier alpha value is -2.92. The zero-order valence-corrected chi connectivity index (χ0v) is 16.0. The lowest BCUT2D eigenvalue weighted by molar-refractivity contribution is 0.493. The van der Waals surface area contributed by atoms with Crippen molar-refractivity contribution in [1.82, 2.24) is 14.1 Å². The molecule has 1 fully saturated rings. The van der Waals surface area contributed by atoms with Gasteiger partial charge in [-0.25, -0.2) is 9.78 Å². The SMILES string of the molecule is Cn1c(N2CCC(c3nc4ccccc4s3)CC2)c(C#N)c(=O)n(C)c1=O. The van der Waals surface area contributed by atoms with Crippen LogP contribution < -0.4 is 16.1 Å². The molecule has 0 radical (unpaired) electrons. The lowest BCUT2D eigenvalue weighted by Gasteiger charge is -2.34. The Kier molecular flexibility index (Phi) is 4.32. The van der Waals surface area contributed by atoms with Gasteiger partial charge in [-0.05, 0) is 25.0 Å². The third kappa shape index (κ3) is 2.84. The van der Waals surface area contributed by atoms with Gasteiger partial charge in [-0.1, -0.05) is 12.1 Å². The highest BCUT2D eigenvalue weighted by Crippen LogP contribution is 2.35. The summed E-state index contributed by atoms with van der Waals surface area (Å²) in [7, 11) is 3.01. The second-order valence-corrected chi connectivity index (χ2v) is 7.86. The summed E-state index contributed by atoms with van der Waals surface area (Å²) < 4.78 is 3.57. The number of hydrogen-bond donors (Lipinski definition) is 0. The van der Waals surface area contributed by atoms with Crippen molar-refractivity contribution in [2.45, 2.75) is 18.8 Å². The summed E-state index contributed by atoms with van der Waals surface area (Å²) in [6, 6.07) is 10.1. The van der Waals surface area contributed by atoms with E-state index in [0.717, 1.165) is 27.9 Å². The molecule has 0 saturated carbocycles. The van der Waals surface area contributed by atoms with Gasteiger partial charge in [0.1, 0.15) is 11.9 Å². The van der Waals surface area contributed by atoms with Crippen molar-refractivity contribution in [3.8, 4) is 6.07 Å². The minimum absolute atomic E-state index is 0.0260. The smallest absolute Gasteiger partial charge is 0.332 e. The van der Waals surface area contributed by atoms with Crippen molar-refractivity contribution >= 4 is 27.4 Å². The van der Waals surface area contributed by atoms with E-state index in [1.807, 2.05) is 29.2 Å². The summed E-state index contributed by atoms with van der Waals surface area (Å²) in [6.45, 7) is 1.35. The van der Waals surface area contributed by atoms with Crippen LogP contribution in [0.2, 0.25) is 0 Å². The van der Waals surface area contributed by atoms with Gasteiger partial charge >= 0.3 is 5.69 Å². The monoisotopic (exact) mass is 381 g/mol. The van der Waals surface area contributed by atoms with Crippen LogP contribution in [-0.4, -0.2) is 27.2 Å². The minimum Gasteiger partial charge on any atom is -0.357 e. The normalized spacial score (nSPS) is 15.2. The van der Waals surface area contributed by atoms with Crippen LogP contribution in [-0.2, 0) is 14.1 Å². The van der Waals surface area contributed by atoms with Gasteiger partial charge in [0.25, 0.3) is 5.56 Å². The van der Waals surface area contributed by atoms with Crippen LogP contribution in [0.25, 0.3) is 10.2 Å². The standard InChI is InChI=1S/C19H19N5O2S/c1-22-17(13(11-20)18(25)23(2)19(22)26)24-9-7-12(8-10-24)16-21-14-5-3-4-6-15(14)27-16/h3-6,12H,7-10H2,1-2H3. The zero-order valence-electron chi connectivity index (χ0n) is 15.2. The molecule has 3 heterocycles. The second kappa shape index (κ2) is 6.67. The Labute approximate surface area is 159 Å². The van der Waals surface area contributed by atoms with Crippen molar-refractivity contribution in [3.63, 3.8) is 0 Å². The number of fused-ring (bicyclic) bond motifs is 1. The van der Waals surface area contributed by atoms with Gasteiger partial charge in [-0.2, -0.15) is 5.26 Å². The van der Waals surface area contributed by atoms with Gasteiger partial charge in [0.2, 0.25) is 0 Å². The van der Waals surface area contributed by atoms with E-state index in [-0.39, 0.29) is 5.56 Å². The highest BCUT2D eigenvalue weighted by Gasteiger charge is 2.27. The molecule has 8 heteroatoms. The molecule has 0 N–H and O–H groups in total. The summed E-state index contributed by atoms with van der Waals surface area (Å²) in [4.78, 5) is 31.3. The summed E-state index contributed by atoms with van der Waals surface area (Å²) in [5, 5.41) is 10.6. The van der Waals surface area contributed by atoms with Crippen molar-refractivity contribution < 1.29 is 0 Å². The molecule has 1 aliphatic rings. The van der Waals surface area contributed by atoms with Crippen molar-refractivity contribution in [3.05, 3.63) is 55.7 Å². The van der Waals surface area contributed by atoms with E-state index < -0.39 is 11.2 Å². The molecule has 2 aromatic heterocycles. The van der Waals surface area contributed by atoms with Crippen molar-refractivity contribution in [2.24, 2.45) is 14.1 Å². The third-order valence-electron chi connectivity index (χ3n) is 5.20. The predicted molar refractivity (Wildman–Crippen MR) is 105 cm³/mol. The maximum atomic E-state index is 12.3. The lowest BCUT2D eigenvalue weighted by Crippen LogP contribution is -2.44. The molecule has 4 rings (SSSR count). The number of thiazole rings is 1. The molecular formula is C19H19N5O2S. The highest BCUT2D eigenvalue weighted by molar-refractivity contribution is 7.18. The first-order valence-electron chi connectivity index (χ1n) is 8.81. The molecule has 0 atom stereocenters. The van der Waals surface area contributed by atoms with E-state index >= 15 is 0 Å². The Balaban J connectivity index is 1.62. The van der Waals surface area contributed by atoms with Gasteiger partial charge in [0, 0.05) is 33.1 Å². The van der Waals surface area contributed by atoms with Gasteiger partial charge < -0.3 is 4.90 Å². The lowest BCUT2D eigenvalue weighted by atomic mass is 9.97. The number of anilines is 1. The Bertz CT molecular complexity index is 1140. The van der Waals surface area contributed by atoms with Crippen molar-refractivity contribution in [2.75, 3.05) is 18.0 Å². The average Bonchev–Trinajstić information content (AvgIpc) is 3.13. The first-order chi connectivity index (χ1) is 13.0. The van der Waals surface area contributed by atoms with Crippen LogP contribution in [0, 0.1) is 11.3 Å². The first kappa shape index (κ1) is 17.5. The zero-order chi connectivity index (χ0) is 19.1. The number of para-hydroxylation sites is 1. The summed E-state index contributed by atoms with van der Waals surface area (Å²) in [5.41, 5.74) is 0.102. The van der Waals surface area contributed by atoms with Gasteiger partial charge in [0.05, 0.1) is 15.2 Å². The number of hydrogen-bond acceptors (Lipinski definition) is 6. The quantitative estimate of drug-likeness (QED) is 0.677. The molecule has 0 amide bonds. The molecule has 138 valence electrons. The average molecular weight is 381 g/mol. The molecule has 7 nitrogen and oxygen atoms in total. The Morgan fingerprint density at radius 1 is 1.15 bits per heavy atom. The number of nitrogens with zero attached hydrogens (tertiary/aromatic N) is 5. The molecule has 3 aromatic rings. The molecule has 0 spiro atoms. The molecule has 1 aliphatic heterocycles. The number of rotatable bonds is 2. The number of benzene rings is 1. The van der Waals surface area contributed by atoms with Crippen LogP contribution in [0.4, 0.5) is 5.82 Å². The summed E-state index contributed by atoms with van der Waals surface area (Å²) in [6.07, 6.45) is 1.74. The Morgan fingerprint density at radius 3 is 2.52 bits per heavy atom. The molecule has 0 bridgehead atoms. The van der Waals surface area contributed by atoms with Gasteiger partial charge in [-0.15, -0.1) is 11.3 Å². The number of piperidine rings is 1. The fraction of sp³-hybridized carbons (Fsp3) is 0.368. The van der Waals surface area contributed by atoms with Crippen LogP contribution in [0.5, 0.6) is 0 Å². The van der Waals surface area contributed by atoms with Crippen LogP contribution in [0.3, 0.4) is 0 Å². The number of aromatic nitrogens is 3.